The van der Waals surface area contributed by atoms with Gasteiger partial charge in [0.1, 0.15) is 0 Å². The topological polar surface area (TPSA) is 49.3 Å². The van der Waals surface area contributed by atoms with Crippen molar-refractivity contribution in [3.63, 3.8) is 0 Å². The van der Waals surface area contributed by atoms with Crippen LogP contribution in [-0.4, -0.2) is 24.0 Å². The largest absolute Gasteiger partial charge is 0.357 e. The van der Waals surface area contributed by atoms with Gasteiger partial charge >= 0.3 is 0 Å². The molecule has 0 amide bonds. The van der Waals surface area contributed by atoms with Crippen molar-refractivity contribution in [3.8, 4) is 0 Å². The van der Waals surface area contributed by atoms with Gasteiger partial charge in [-0.05, 0) is 43.9 Å². The summed E-state index contributed by atoms with van der Waals surface area (Å²) in [6.45, 7) is 6.50. The van der Waals surface area contributed by atoms with Gasteiger partial charge in [0.2, 0.25) is 0 Å². The molecule has 2 aromatic rings. The highest BCUT2D eigenvalue weighted by molar-refractivity contribution is 14.0. The number of aromatic nitrogens is 1. The predicted octanol–water partition coefficient (Wildman–Crippen LogP) is 3.70. The molecular weight excluding hydrogens is 411 g/mol. The van der Waals surface area contributed by atoms with E-state index in [1.54, 1.807) is 0 Å². The minimum Gasteiger partial charge on any atom is -0.357 e. The lowest BCUT2D eigenvalue weighted by Crippen LogP contribution is -2.37. The van der Waals surface area contributed by atoms with Gasteiger partial charge in [-0.15, -0.1) is 24.0 Å². The average Bonchev–Trinajstić information content (AvgIpc) is 2.58. The zero-order valence-electron chi connectivity index (χ0n) is 14.5. The van der Waals surface area contributed by atoms with Crippen LogP contribution in [0.3, 0.4) is 0 Å². The summed E-state index contributed by atoms with van der Waals surface area (Å²) in [6, 6.07) is 14.6. The number of rotatable bonds is 7. The third-order valence-corrected chi connectivity index (χ3v) is 3.63. The summed E-state index contributed by atoms with van der Waals surface area (Å²) >= 11 is 0. The van der Waals surface area contributed by atoms with Gasteiger partial charge in [-0.2, -0.15) is 0 Å². The Morgan fingerprint density at radius 3 is 2.58 bits per heavy atom. The third kappa shape index (κ3) is 7.29. The molecule has 0 unspecified atom stereocenters. The van der Waals surface area contributed by atoms with Crippen molar-refractivity contribution in [1.29, 1.82) is 0 Å². The fraction of sp³-hybridized carbons (Fsp3) is 0.368. The van der Waals surface area contributed by atoms with Crippen LogP contribution < -0.4 is 10.6 Å². The van der Waals surface area contributed by atoms with Gasteiger partial charge < -0.3 is 10.6 Å². The Morgan fingerprint density at radius 1 is 1.08 bits per heavy atom. The molecule has 1 aromatic carbocycles. The van der Waals surface area contributed by atoms with E-state index >= 15 is 0 Å². The van der Waals surface area contributed by atoms with Crippen molar-refractivity contribution < 1.29 is 0 Å². The first kappa shape index (κ1) is 20.4. The molecule has 0 bridgehead atoms. The summed E-state index contributed by atoms with van der Waals surface area (Å²) < 4.78 is 0. The molecule has 2 N–H and O–H groups in total. The van der Waals surface area contributed by atoms with Crippen LogP contribution in [0.2, 0.25) is 0 Å². The zero-order valence-corrected chi connectivity index (χ0v) is 16.8. The van der Waals surface area contributed by atoms with Crippen molar-refractivity contribution >= 4 is 29.9 Å². The maximum Gasteiger partial charge on any atom is 0.191 e. The van der Waals surface area contributed by atoms with Crippen molar-refractivity contribution in [2.45, 2.75) is 33.2 Å². The van der Waals surface area contributed by atoms with Crippen LogP contribution in [0.1, 0.15) is 30.2 Å². The minimum absolute atomic E-state index is 0. The Kier molecular flexibility index (Phi) is 10.1. The Morgan fingerprint density at radius 2 is 1.88 bits per heavy atom. The van der Waals surface area contributed by atoms with Crippen LogP contribution in [-0.2, 0) is 13.0 Å². The summed E-state index contributed by atoms with van der Waals surface area (Å²) in [5.41, 5.74) is 3.57. The van der Waals surface area contributed by atoms with E-state index in [2.05, 4.69) is 70.9 Å². The van der Waals surface area contributed by atoms with E-state index in [9.17, 15) is 0 Å². The Balaban J connectivity index is 0.00000288. The SMILES string of the molecule is CCNC(=NCc1ncccc1C)NCCCc1ccccc1.I. The number of nitrogens with zero attached hydrogens (tertiary/aromatic N) is 2. The second-order valence-electron chi connectivity index (χ2n) is 5.48. The Hall–Kier alpha value is -1.63. The van der Waals surface area contributed by atoms with Crippen molar-refractivity contribution in [3.05, 3.63) is 65.5 Å². The molecule has 0 spiro atoms. The lowest BCUT2D eigenvalue weighted by Gasteiger charge is -2.11. The molecule has 0 aliphatic carbocycles. The minimum atomic E-state index is 0. The molecule has 4 nitrogen and oxygen atoms in total. The van der Waals surface area contributed by atoms with Crippen LogP contribution in [0.25, 0.3) is 0 Å². The van der Waals surface area contributed by atoms with E-state index in [4.69, 9.17) is 0 Å². The van der Waals surface area contributed by atoms with E-state index in [1.807, 2.05) is 12.3 Å². The molecule has 0 radical (unpaired) electrons. The van der Waals surface area contributed by atoms with Crippen LogP contribution in [0.15, 0.2) is 53.7 Å². The van der Waals surface area contributed by atoms with E-state index in [1.165, 1.54) is 11.1 Å². The molecule has 2 rings (SSSR count). The van der Waals surface area contributed by atoms with Crippen LogP contribution in [0, 0.1) is 6.92 Å². The summed E-state index contributed by atoms with van der Waals surface area (Å²) in [5.74, 6) is 0.852. The molecule has 0 saturated heterocycles. The van der Waals surface area contributed by atoms with Crippen molar-refractivity contribution in [2.24, 2.45) is 4.99 Å². The maximum atomic E-state index is 4.62. The number of nitrogens with one attached hydrogen (secondary N) is 2. The lowest BCUT2D eigenvalue weighted by atomic mass is 10.1. The van der Waals surface area contributed by atoms with Gasteiger partial charge in [0.05, 0.1) is 12.2 Å². The fourth-order valence-electron chi connectivity index (χ4n) is 2.32. The normalized spacial score (nSPS) is 10.8. The highest BCUT2D eigenvalue weighted by Crippen LogP contribution is 2.04. The monoisotopic (exact) mass is 438 g/mol. The third-order valence-electron chi connectivity index (χ3n) is 3.63. The summed E-state index contributed by atoms with van der Waals surface area (Å²) in [6.07, 6.45) is 3.97. The number of benzene rings is 1. The highest BCUT2D eigenvalue weighted by atomic mass is 127. The molecule has 24 heavy (non-hydrogen) atoms. The van der Waals surface area contributed by atoms with Crippen molar-refractivity contribution in [2.75, 3.05) is 13.1 Å². The number of guanidine groups is 1. The van der Waals surface area contributed by atoms with E-state index in [0.29, 0.717) is 6.54 Å². The number of hydrogen-bond acceptors (Lipinski definition) is 2. The standard InChI is InChI=1S/C19H26N4.HI/c1-3-20-19(23-15-18-16(2)9-7-13-21-18)22-14-8-12-17-10-5-4-6-11-17;/h4-7,9-11,13H,3,8,12,14-15H2,1-2H3,(H2,20,22,23);1H. The molecule has 1 heterocycles. The van der Waals surface area contributed by atoms with Gasteiger partial charge in [0.25, 0.3) is 0 Å². The van der Waals surface area contributed by atoms with Crippen LogP contribution >= 0.6 is 24.0 Å². The smallest absolute Gasteiger partial charge is 0.191 e. The first-order chi connectivity index (χ1) is 11.3. The quantitative estimate of drug-likeness (QED) is 0.300. The molecule has 130 valence electrons. The molecule has 0 aliphatic heterocycles. The van der Waals surface area contributed by atoms with E-state index in [0.717, 1.165) is 37.6 Å². The number of pyridine rings is 1. The Labute approximate surface area is 162 Å². The van der Waals surface area contributed by atoms with E-state index in [-0.39, 0.29) is 24.0 Å². The fourth-order valence-corrected chi connectivity index (χ4v) is 2.32. The van der Waals surface area contributed by atoms with Gasteiger partial charge in [0, 0.05) is 19.3 Å². The number of halogens is 1. The summed E-state index contributed by atoms with van der Waals surface area (Å²) in [5, 5.41) is 6.67. The van der Waals surface area contributed by atoms with E-state index < -0.39 is 0 Å². The molecule has 0 aliphatic rings. The molecule has 5 heteroatoms. The predicted molar refractivity (Wildman–Crippen MR) is 112 cm³/mol. The molecular formula is C19H27IN4. The first-order valence-electron chi connectivity index (χ1n) is 8.26. The Bertz CT molecular complexity index is 614. The summed E-state index contributed by atoms with van der Waals surface area (Å²) in [7, 11) is 0. The number of hydrogen-bond donors (Lipinski definition) is 2. The second-order valence-corrected chi connectivity index (χ2v) is 5.48. The molecule has 0 saturated carbocycles. The van der Waals surface area contributed by atoms with Gasteiger partial charge in [-0.25, -0.2) is 4.99 Å². The second kappa shape index (κ2) is 11.8. The molecule has 1 aromatic heterocycles. The lowest BCUT2D eigenvalue weighted by molar-refractivity contribution is 0.742. The van der Waals surface area contributed by atoms with Gasteiger partial charge in [-0.3, -0.25) is 4.98 Å². The van der Waals surface area contributed by atoms with Gasteiger partial charge in [0.15, 0.2) is 5.96 Å². The number of aryl methyl sites for hydroxylation is 2. The number of aliphatic imine (C=N–C) groups is 1. The first-order valence-corrected chi connectivity index (χ1v) is 8.26. The highest BCUT2D eigenvalue weighted by Gasteiger charge is 2.00. The van der Waals surface area contributed by atoms with Crippen LogP contribution in [0.5, 0.6) is 0 Å². The van der Waals surface area contributed by atoms with Crippen molar-refractivity contribution in [1.82, 2.24) is 15.6 Å². The van der Waals surface area contributed by atoms with Gasteiger partial charge in [-0.1, -0.05) is 36.4 Å². The van der Waals surface area contributed by atoms with Crippen LogP contribution in [0.4, 0.5) is 0 Å². The zero-order chi connectivity index (χ0) is 16.3. The average molecular weight is 438 g/mol. The molecule has 0 atom stereocenters. The summed E-state index contributed by atoms with van der Waals surface area (Å²) in [4.78, 5) is 9.00. The maximum absolute atomic E-state index is 4.62. The molecule has 0 fully saturated rings.